The van der Waals surface area contributed by atoms with E-state index < -0.39 is 11.7 Å². The number of hydrogen-bond donors (Lipinski definition) is 0. The van der Waals surface area contributed by atoms with Crippen LogP contribution in [-0.2, 0) is 12.8 Å². The van der Waals surface area contributed by atoms with Crippen molar-refractivity contribution in [2.75, 3.05) is 6.61 Å². The number of hydrogen-bond acceptors (Lipinski definition) is 5. The van der Waals surface area contributed by atoms with Crippen LogP contribution in [0.5, 0.6) is 5.75 Å². The molecule has 5 nitrogen and oxygen atoms in total. The first-order chi connectivity index (χ1) is 10.1. The molecule has 0 bridgehead atoms. The minimum absolute atomic E-state index is 0. The van der Waals surface area contributed by atoms with Crippen molar-refractivity contribution in [1.82, 2.24) is 0 Å². The maximum Gasteiger partial charge on any atom is 1.00 e. The fourth-order valence-corrected chi connectivity index (χ4v) is 2.78. The second-order valence-electron chi connectivity index (χ2n) is 5.18. The summed E-state index contributed by atoms with van der Waals surface area (Å²) in [6.45, 7) is 2.63. The van der Waals surface area contributed by atoms with Crippen molar-refractivity contribution in [3.63, 3.8) is 0 Å². The summed E-state index contributed by atoms with van der Waals surface area (Å²) in [4.78, 5) is 23.1. The molecule has 22 heavy (non-hydrogen) atoms. The van der Waals surface area contributed by atoms with E-state index in [1.165, 1.54) is 0 Å². The van der Waals surface area contributed by atoms with Gasteiger partial charge in [-0.3, -0.25) is 4.79 Å². The van der Waals surface area contributed by atoms with Crippen LogP contribution in [-0.4, -0.2) is 12.6 Å². The summed E-state index contributed by atoms with van der Waals surface area (Å²) in [5.74, 6) is -1.19. The summed E-state index contributed by atoms with van der Waals surface area (Å²) in [5.41, 5.74) is 1.72. The fourth-order valence-electron chi connectivity index (χ4n) is 2.78. The second-order valence-corrected chi connectivity index (χ2v) is 5.18. The molecule has 1 aliphatic rings. The van der Waals surface area contributed by atoms with Crippen molar-refractivity contribution in [2.24, 2.45) is 0 Å². The van der Waals surface area contributed by atoms with E-state index in [9.17, 15) is 14.7 Å². The maximum absolute atomic E-state index is 12.2. The smallest absolute Gasteiger partial charge is 0.542 e. The Balaban J connectivity index is 0.00000176. The number of fused-ring (bicyclic) bond motifs is 2. The van der Waals surface area contributed by atoms with Gasteiger partial charge in [0.15, 0.2) is 11.2 Å². The zero-order valence-corrected chi connectivity index (χ0v) is 14.7. The Kier molecular flexibility index (Phi) is 5.32. The molecule has 0 saturated heterocycles. The molecular formula is C16H15NaO5. The van der Waals surface area contributed by atoms with E-state index in [2.05, 4.69) is 0 Å². The minimum atomic E-state index is -1.49. The van der Waals surface area contributed by atoms with Gasteiger partial charge in [0.2, 0.25) is 0 Å². The van der Waals surface area contributed by atoms with Crippen LogP contribution in [0.25, 0.3) is 11.0 Å². The average molecular weight is 310 g/mol. The number of rotatable bonds is 3. The molecule has 3 rings (SSSR count). The molecule has 1 aromatic heterocycles. The van der Waals surface area contributed by atoms with Gasteiger partial charge in [0, 0.05) is 11.6 Å². The van der Waals surface area contributed by atoms with E-state index >= 15 is 0 Å². The van der Waals surface area contributed by atoms with Gasteiger partial charge in [-0.15, -0.1) is 0 Å². The van der Waals surface area contributed by atoms with E-state index in [1.54, 1.807) is 6.07 Å². The monoisotopic (exact) mass is 310 g/mol. The number of carboxylic acids is 1. The van der Waals surface area contributed by atoms with Crippen LogP contribution < -0.4 is 44.8 Å². The van der Waals surface area contributed by atoms with Crippen molar-refractivity contribution >= 4 is 16.9 Å². The number of ether oxygens (including phenoxy) is 1. The van der Waals surface area contributed by atoms with Gasteiger partial charge in [0.1, 0.15) is 17.3 Å². The third kappa shape index (κ3) is 2.93. The minimum Gasteiger partial charge on any atom is -0.542 e. The Morgan fingerprint density at radius 3 is 2.82 bits per heavy atom. The second kappa shape index (κ2) is 6.86. The Bertz CT molecular complexity index is 778. The van der Waals surface area contributed by atoms with Gasteiger partial charge in [-0.05, 0) is 30.9 Å². The van der Waals surface area contributed by atoms with Crippen molar-refractivity contribution in [1.29, 1.82) is 0 Å². The summed E-state index contributed by atoms with van der Waals surface area (Å²) in [7, 11) is 0. The molecule has 0 unspecified atom stereocenters. The van der Waals surface area contributed by atoms with E-state index in [1.807, 2.05) is 6.92 Å². The number of aromatic carboxylic acids is 1. The topological polar surface area (TPSA) is 79.6 Å². The molecule has 0 aliphatic carbocycles. The Morgan fingerprint density at radius 1 is 1.36 bits per heavy atom. The number of carbonyl (C=O) groups excluding carboxylic acids is 1. The number of carbonyl (C=O) groups is 1. The molecule has 110 valence electrons. The third-order valence-corrected chi connectivity index (χ3v) is 3.68. The molecule has 2 aromatic rings. The van der Waals surface area contributed by atoms with E-state index in [0.717, 1.165) is 42.2 Å². The average Bonchev–Trinajstić information content (AvgIpc) is 2.47. The molecule has 1 aliphatic heterocycles. The summed E-state index contributed by atoms with van der Waals surface area (Å²) < 4.78 is 11.1. The SMILES string of the molecule is CCCc1c2c(cc3c(=O)cc(C(=O)[O-])oc13)CCCO2.[Na+]. The van der Waals surface area contributed by atoms with Gasteiger partial charge >= 0.3 is 29.6 Å². The molecule has 0 amide bonds. The predicted octanol–water partition coefficient (Wildman–Crippen LogP) is -1.56. The zero-order valence-electron chi connectivity index (χ0n) is 12.7. The molecule has 0 fully saturated rings. The van der Waals surface area contributed by atoms with E-state index in [0.29, 0.717) is 24.0 Å². The van der Waals surface area contributed by atoms with Crippen molar-refractivity contribution in [2.45, 2.75) is 32.6 Å². The molecule has 0 saturated carbocycles. The molecule has 0 N–H and O–H groups in total. The van der Waals surface area contributed by atoms with Gasteiger partial charge in [-0.25, -0.2) is 0 Å². The van der Waals surface area contributed by atoms with Crippen LogP contribution in [0.2, 0.25) is 0 Å². The van der Waals surface area contributed by atoms with Crippen LogP contribution in [0, 0.1) is 0 Å². The number of carboxylic acid groups (broad SMARTS) is 1. The van der Waals surface area contributed by atoms with Crippen LogP contribution in [0.3, 0.4) is 0 Å². The van der Waals surface area contributed by atoms with Crippen LogP contribution in [0.4, 0.5) is 0 Å². The number of benzene rings is 1. The van der Waals surface area contributed by atoms with Gasteiger partial charge in [0.05, 0.1) is 12.0 Å². The predicted molar refractivity (Wildman–Crippen MR) is 74.6 cm³/mol. The molecule has 0 atom stereocenters. The normalized spacial score (nSPS) is 13.1. The summed E-state index contributed by atoms with van der Waals surface area (Å²) in [6, 6.07) is 2.73. The molecule has 2 heterocycles. The first kappa shape index (κ1) is 17.1. The molecule has 0 radical (unpaired) electrons. The first-order valence-corrected chi connectivity index (χ1v) is 7.08. The molecule has 0 spiro atoms. The van der Waals surface area contributed by atoms with E-state index in [4.69, 9.17) is 9.15 Å². The Morgan fingerprint density at radius 2 is 2.14 bits per heavy atom. The van der Waals surface area contributed by atoms with Crippen molar-refractivity contribution in [3.8, 4) is 5.75 Å². The van der Waals surface area contributed by atoms with Gasteiger partial charge in [-0.1, -0.05) is 13.3 Å². The molecule has 1 aromatic carbocycles. The van der Waals surface area contributed by atoms with Crippen LogP contribution >= 0.6 is 0 Å². The van der Waals surface area contributed by atoms with Crippen LogP contribution in [0.15, 0.2) is 21.3 Å². The summed E-state index contributed by atoms with van der Waals surface area (Å²) in [6.07, 6.45) is 3.27. The summed E-state index contributed by atoms with van der Waals surface area (Å²) >= 11 is 0. The first-order valence-electron chi connectivity index (χ1n) is 7.08. The quantitative estimate of drug-likeness (QED) is 0.641. The van der Waals surface area contributed by atoms with Crippen molar-refractivity contribution < 1.29 is 48.6 Å². The van der Waals surface area contributed by atoms with Crippen molar-refractivity contribution in [3.05, 3.63) is 39.2 Å². The third-order valence-electron chi connectivity index (χ3n) is 3.68. The molecule has 6 heteroatoms. The molecular weight excluding hydrogens is 295 g/mol. The number of aryl methyl sites for hydroxylation is 2. The summed E-state index contributed by atoms with van der Waals surface area (Å²) in [5, 5.41) is 11.4. The van der Waals surface area contributed by atoms with Gasteiger partial charge < -0.3 is 19.1 Å². The Hall–Kier alpha value is -1.30. The fraction of sp³-hybridized carbons (Fsp3) is 0.375. The van der Waals surface area contributed by atoms with Crippen LogP contribution in [0.1, 0.15) is 41.4 Å². The maximum atomic E-state index is 12.2. The standard InChI is InChI=1S/C16H16O5.Na/c1-2-4-10-14-9(5-3-6-20-14)7-11-12(17)8-13(16(18)19)21-15(10)11;/h7-8H,2-6H2,1H3,(H,18,19);/q;+1/p-1. The Labute approximate surface area is 149 Å². The van der Waals surface area contributed by atoms with E-state index in [-0.39, 0.29) is 35.0 Å². The van der Waals surface area contributed by atoms with Gasteiger partial charge in [0.25, 0.3) is 0 Å². The zero-order chi connectivity index (χ0) is 15.0. The van der Waals surface area contributed by atoms with Gasteiger partial charge in [-0.2, -0.15) is 0 Å². The largest absolute Gasteiger partial charge is 1.00 e.